The number of hydrogen-bond donors (Lipinski definition) is 2. The Kier molecular flexibility index (Phi) is 5.52. The number of aromatic nitrogens is 1. The predicted molar refractivity (Wildman–Crippen MR) is 104 cm³/mol. The Balaban J connectivity index is 1.85. The molecule has 2 aromatic heterocycles. The van der Waals surface area contributed by atoms with Crippen LogP contribution in [0.1, 0.15) is 38.2 Å². The van der Waals surface area contributed by atoms with Crippen LogP contribution < -0.4 is 10.1 Å². The number of carbonyl (C=O) groups is 2. The molecular formula is C20H18N2O4S. The van der Waals surface area contributed by atoms with Crippen molar-refractivity contribution in [1.29, 1.82) is 0 Å². The van der Waals surface area contributed by atoms with Crippen LogP contribution in [0.4, 0.5) is 5.69 Å². The van der Waals surface area contributed by atoms with Crippen LogP contribution in [-0.2, 0) is 6.42 Å². The van der Waals surface area contributed by atoms with Crippen molar-refractivity contribution in [3.05, 3.63) is 70.4 Å². The van der Waals surface area contributed by atoms with Gasteiger partial charge in [0.1, 0.15) is 10.6 Å². The van der Waals surface area contributed by atoms with Crippen LogP contribution in [0.5, 0.6) is 10.8 Å². The van der Waals surface area contributed by atoms with Gasteiger partial charge in [0.2, 0.25) is 5.06 Å². The summed E-state index contributed by atoms with van der Waals surface area (Å²) in [7, 11) is 0. The van der Waals surface area contributed by atoms with Gasteiger partial charge in [-0.25, -0.2) is 4.79 Å². The highest BCUT2D eigenvalue weighted by atomic mass is 32.1. The summed E-state index contributed by atoms with van der Waals surface area (Å²) in [6, 6.07) is 12.2. The first-order chi connectivity index (χ1) is 13.0. The second-order valence-corrected chi connectivity index (χ2v) is 6.87. The fraction of sp³-hybridized carbons (Fsp3) is 0.150. The van der Waals surface area contributed by atoms with Gasteiger partial charge in [0.25, 0.3) is 5.91 Å². The second-order valence-electron chi connectivity index (χ2n) is 5.86. The molecule has 0 radical (unpaired) electrons. The minimum absolute atomic E-state index is 0.0710. The molecule has 27 heavy (non-hydrogen) atoms. The van der Waals surface area contributed by atoms with E-state index in [4.69, 9.17) is 4.74 Å². The number of nitrogens with one attached hydrogen (secondary N) is 1. The van der Waals surface area contributed by atoms with E-state index in [-0.39, 0.29) is 15.8 Å². The average Bonchev–Trinajstić information content (AvgIpc) is 3.06. The molecule has 3 aromatic rings. The summed E-state index contributed by atoms with van der Waals surface area (Å²) in [6.45, 7) is 3.89. The number of aryl methyl sites for hydroxylation is 2. The number of ether oxygens (including phenoxy) is 1. The van der Waals surface area contributed by atoms with E-state index in [0.717, 1.165) is 29.0 Å². The van der Waals surface area contributed by atoms with Crippen LogP contribution in [0.2, 0.25) is 0 Å². The number of pyridine rings is 1. The lowest BCUT2D eigenvalue weighted by Gasteiger charge is -2.08. The standard InChI is InChI=1S/C20H18N2O4S/c1-3-13-5-7-14(8-6-13)18(23)22-16-10-17(19(24)25)27-20(16)26-15-9-4-12(2)21-11-15/h4-11H,3H2,1-2H3,(H,22,23)(H,24,25). The molecule has 138 valence electrons. The van der Waals surface area contributed by atoms with Crippen LogP contribution in [-0.4, -0.2) is 22.0 Å². The smallest absolute Gasteiger partial charge is 0.346 e. The van der Waals surface area contributed by atoms with Crippen LogP contribution in [0.3, 0.4) is 0 Å². The molecule has 6 nitrogen and oxygen atoms in total. The number of amides is 1. The first-order valence-corrected chi connectivity index (χ1v) is 9.16. The Morgan fingerprint density at radius 1 is 1.19 bits per heavy atom. The molecule has 1 aromatic carbocycles. The van der Waals surface area contributed by atoms with Crippen LogP contribution in [0.25, 0.3) is 0 Å². The molecule has 3 rings (SSSR count). The van der Waals surface area contributed by atoms with E-state index < -0.39 is 5.97 Å². The molecule has 0 atom stereocenters. The van der Waals surface area contributed by atoms with Crippen molar-refractivity contribution in [3.8, 4) is 10.8 Å². The molecule has 2 heterocycles. The average molecular weight is 382 g/mol. The van der Waals surface area contributed by atoms with E-state index in [2.05, 4.69) is 10.3 Å². The monoisotopic (exact) mass is 382 g/mol. The number of thiophene rings is 1. The van der Waals surface area contributed by atoms with Crippen LogP contribution >= 0.6 is 11.3 Å². The van der Waals surface area contributed by atoms with Crippen molar-refractivity contribution in [2.24, 2.45) is 0 Å². The number of hydrogen-bond acceptors (Lipinski definition) is 5. The van der Waals surface area contributed by atoms with Gasteiger partial charge in [0.05, 0.1) is 11.9 Å². The lowest BCUT2D eigenvalue weighted by atomic mass is 10.1. The van der Waals surface area contributed by atoms with Crippen LogP contribution in [0.15, 0.2) is 48.7 Å². The highest BCUT2D eigenvalue weighted by Crippen LogP contribution is 2.38. The normalized spacial score (nSPS) is 10.4. The largest absolute Gasteiger partial charge is 0.477 e. The fourth-order valence-corrected chi connectivity index (χ4v) is 3.17. The number of anilines is 1. The third kappa shape index (κ3) is 4.51. The summed E-state index contributed by atoms with van der Waals surface area (Å²) in [4.78, 5) is 28.1. The molecule has 0 unspecified atom stereocenters. The van der Waals surface area contributed by atoms with Crippen molar-refractivity contribution >= 4 is 28.9 Å². The number of carboxylic acids is 1. The van der Waals surface area contributed by atoms with E-state index in [1.54, 1.807) is 30.5 Å². The SMILES string of the molecule is CCc1ccc(C(=O)Nc2cc(C(=O)O)sc2Oc2ccc(C)nc2)cc1. The van der Waals surface area contributed by atoms with Gasteiger partial charge in [-0.3, -0.25) is 9.78 Å². The Morgan fingerprint density at radius 3 is 2.52 bits per heavy atom. The Labute approximate surface area is 160 Å². The van der Waals surface area contributed by atoms with E-state index in [0.29, 0.717) is 17.0 Å². The number of nitrogens with zero attached hydrogens (tertiary/aromatic N) is 1. The molecule has 0 aliphatic rings. The topological polar surface area (TPSA) is 88.5 Å². The van der Waals surface area contributed by atoms with Crippen molar-refractivity contribution in [2.75, 3.05) is 5.32 Å². The lowest BCUT2D eigenvalue weighted by Crippen LogP contribution is -2.11. The van der Waals surface area contributed by atoms with E-state index in [1.807, 2.05) is 26.0 Å². The lowest BCUT2D eigenvalue weighted by molar-refractivity contribution is 0.0701. The van der Waals surface area contributed by atoms with Gasteiger partial charge in [-0.1, -0.05) is 30.4 Å². The van der Waals surface area contributed by atoms with Crippen molar-refractivity contribution in [1.82, 2.24) is 4.98 Å². The first kappa shape index (κ1) is 18.6. The minimum atomic E-state index is -1.08. The first-order valence-electron chi connectivity index (χ1n) is 8.34. The predicted octanol–water partition coefficient (Wildman–Crippen LogP) is 4.76. The fourth-order valence-electron chi connectivity index (χ4n) is 2.35. The number of aromatic carboxylic acids is 1. The highest BCUT2D eigenvalue weighted by Gasteiger charge is 2.18. The molecule has 0 saturated heterocycles. The maximum absolute atomic E-state index is 12.5. The van der Waals surface area contributed by atoms with E-state index in [9.17, 15) is 14.7 Å². The Morgan fingerprint density at radius 2 is 1.93 bits per heavy atom. The number of rotatable bonds is 6. The summed E-state index contributed by atoms with van der Waals surface area (Å²) in [5, 5.41) is 12.3. The van der Waals surface area contributed by atoms with Gasteiger partial charge in [0.15, 0.2) is 0 Å². The minimum Gasteiger partial charge on any atom is -0.477 e. The Bertz CT molecular complexity index is 963. The van der Waals surface area contributed by atoms with Gasteiger partial charge >= 0.3 is 5.97 Å². The highest BCUT2D eigenvalue weighted by molar-refractivity contribution is 7.16. The quantitative estimate of drug-likeness (QED) is 0.642. The van der Waals surface area contributed by atoms with Crippen LogP contribution in [0, 0.1) is 6.92 Å². The summed E-state index contributed by atoms with van der Waals surface area (Å²) in [6.07, 6.45) is 2.43. The van der Waals surface area contributed by atoms with Crippen molar-refractivity contribution < 1.29 is 19.4 Å². The van der Waals surface area contributed by atoms with Gasteiger partial charge in [0, 0.05) is 11.3 Å². The maximum atomic E-state index is 12.5. The van der Waals surface area contributed by atoms with E-state index in [1.165, 1.54) is 6.07 Å². The summed E-state index contributed by atoms with van der Waals surface area (Å²) in [5.74, 6) is -0.957. The number of benzene rings is 1. The molecule has 7 heteroatoms. The molecule has 0 spiro atoms. The van der Waals surface area contributed by atoms with Gasteiger partial charge in [-0.05, 0) is 49.2 Å². The molecular weight excluding hydrogens is 364 g/mol. The second kappa shape index (κ2) is 8.01. The van der Waals surface area contributed by atoms with Gasteiger partial charge in [-0.15, -0.1) is 0 Å². The zero-order chi connectivity index (χ0) is 19.4. The Hall–Kier alpha value is -3.19. The molecule has 1 amide bonds. The summed E-state index contributed by atoms with van der Waals surface area (Å²) >= 11 is 0.946. The molecule has 2 N–H and O–H groups in total. The molecule has 0 fully saturated rings. The molecule has 0 saturated carbocycles. The van der Waals surface area contributed by atoms with Crippen molar-refractivity contribution in [3.63, 3.8) is 0 Å². The number of carboxylic acid groups (broad SMARTS) is 1. The van der Waals surface area contributed by atoms with E-state index >= 15 is 0 Å². The molecule has 0 aliphatic carbocycles. The maximum Gasteiger partial charge on any atom is 0.346 e. The zero-order valence-electron chi connectivity index (χ0n) is 14.9. The summed E-state index contributed by atoms with van der Waals surface area (Å²) < 4.78 is 5.75. The summed E-state index contributed by atoms with van der Waals surface area (Å²) in [5.41, 5.74) is 2.76. The third-order valence-electron chi connectivity index (χ3n) is 3.88. The van der Waals surface area contributed by atoms with Gasteiger partial charge in [-0.2, -0.15) is 0 Å². The zero-order valence-corrected chi connectivity index (χ0v) is 15.7. The van der Waals surface area contributed by atoms with Gasteiger partial charge < -0.3 is 15.2 Å². The molecule has 0 aliphatic heterocycles. The van der Waals surface area contributed by atoms with Crippen molar-refractivity contribution in [2.45, 2.75) is 20.3 Å². The molecule has 0 bridgehead atoms. The third-order valence-corrected chi connectivity index (χ3v) is 4.88. The number of carbonyl (C=O) groups excluding carboxylic acids is 1.